The molecule has 4 rings (SSSR count). The van der Waals surface area contributed by atoms with E-state index in [1.807, 2.05) is 32.0 Å². The Morgan fingerprint density at radius 1 is 1.10 bits per heavy atom. The maximum Gasteiger partial charge on any atom is 0.327 e. The quantitative estimate of drug-likeness (QED) is 0.271. The Bertz CT molecular complexity index is 1130. The highest BCUT2D eigenvalue weighted by Crippen LogP contribution is 2.48. The first kappa shape index (κ1) is 21.1. The zero-order valence-corrected chi connectivity index (χ0v) is 21.0. The van der Waals surface area contributed by atoms with Crippen LogP contribution >= 0.6 is 45.2 Å². The summed E-state index contributed by atoms with van der Waals surface area (Å²) in [6.07, 6.45) is 0.437. The molecule has 0 aromatic heterocycles. The minimum atomic E-state index is -3.94. The summed E-state index contributed by atoms with van der Waals surface area (Å²) in [5.74, 6) is -0.537. The molecule has 2 aromatic carbocycles. The molecular weight excluding hydrogens is 616 g/mol. The van der Waals surface area contributed by atoms with Crippen molar-refractivity contribution in [1.29, 1.82) is 0 Å². The predicted molar refractivity (Wildman–Crippen MR) is 130 cm³/mol. The number of aryl methyl sites for hydroxylation is 2. The number of ether oxygens (including phenoxy) is 1. The molecule has 0 radical (unpaired) electrons. The van der Waals surface area contributed by atoms with Gasteiger partial charge < -0.3 is 4.74 Å². The maximum atomic E-state index is 13.6. The van der Waals surface area contributed by atoms with Gasteiger partial charge in [-0.3, -0.25) is 9.10 Å². The second-order valence-corrected chi connectivity index (χ2v) is 12.0. The number of halogens is 2. The average Bonchev–Trinajstić information content (AvgIpc) is 2.91. The fourth-order valence-electron chi connectivity index (χ4n) is 3.78. The summed E-state index contributed by atoms with van der Waals surface area (Å²) in [4.78, 5) is 12.9. The lowest BCUT2D eigenvalue weighted by Crippen LogP contribution is -2.41. The molecule has 0 fully saturated rings. The molecule has 152 valence electrons. The van der Waals surface area contributed by atoms with Gasteiger partial charge in [0, 0.05) is 11.1 Å². The number of allylic oxidation sites excluding steroid dienone is 1. The van der Waals surface area contributed by atoms with Crippen molar-refractivity contribution in [3.05, 3.63) is 62.7 Å². The molecule has 0 amide bonds. The van der Waals surface area contributed by atoms with Gasteiger partial charge in [0.2, 0.25) is 0 Å². The molecular formula is C21H19I2NO4S. The standard InChI is InChI=1S/C21H19I2NO4S/c1-12-6-8-14(9-7-12)29(26,27)24-11-18(25)28-21-17(23)10-16(22)19(21)15-5-3-4-13(2)20(15)24/h3-9,17,21H,10-11H2,1-2H3/t17-,21+/m1/s1. The van der Waals surface area contributed by atoms with Gasteiger partial charge in [0.1, 0.15) is 12.6 Å². The number of fused-ring (bicyclic) bond motifs is 3. The Morgan fingerprint density at radius 3 is 2.48 bits per heavy atom. The predicted octanol–water partition coefficient (Wildman–Crippen LogP) is 4.78. The smallest absolute Gasteiger partial charge is 0.327 e. The first-order valence-corrected chi connectivity index (χ1v) is 12.9. The van der Waals surface area contributed by atoms with Crippen molar-refractivity contribution in [2.75, 3.05) is 10.8 Å². The fourth-order valence-corrected chi connectivity index (χ4v) is 8.13. The van der Waals surface area contributed by atoms with Gasteiger partial charge in [0.25, 0.3) is 10.0 Å². The SMILES string of the molecule is Cc1ccc(S(=O)(=O)N2CC(=O)O[C@@H]3C(=C(I)C[C@H]3I)c3cccc(C)c32)cc1. The number of alkyl halides is 1. The Hall–Kier alpha value is -1.14. The third-order valence-corrected chi connectivity index (χ3v) is 9.07. The number of nitrogens with zero attached hydrogens (tertiary/aromatic N) is 1. The van der Waals surface area contributed by atoms with Gasteiger partial charge in [0.05, 0.1) is 14.5 Å². The molecule has 0 saturated heterocycles. The van der Waals surface area contributed by atoms with E-state index in [0.717, 1.165) is 32.3 Å². The second-order valence-electron chi connectivity index (χ2n) is 7.24. The Kier molecular flexibility index (Phi) is 5.71. The van der Waals surface area contributed by atoms with E-state index in [0.29, 0.717) is 5.69 Å². The maximum absolute atomic E-state index is 13.6. The van der Waals surface area contributed by atoms with Crippen LogP contribution in [0.4, 0.5) is 5.69 Å². The van der Waals surface area contributed by atoms with Gasteiger partial charge in [-0.1, -0.05) is 58.5 Å². The van der Waals surface area contributed by atoms with Crippen molar-refractivity contribution < 1.29 is 17.9 Å². The number of sulfonamides is 1. The van der Waals surface area contributed by atoms with Crippen LogP contribution in [0.3, 0.4) is 0 Å². The monoisotopic (exact) mass is 635 g/mol. The largest absolute Gasteiger partial charge is 0.455 e. The first-order valence-electron chi connectivity index (χ1n) is 9.11. The normalized spacial score (nSPS) is 21.9. The van der Waals surface area contributed by atoms with E-state index in [2.05, 4.69) is 45.2 Å². The van der Waals surface area contributed by atoms with Crippen LogP contribution in [0.1, 0.15) is 23.1 Å². The summed E-state index contributed by atoms with van der Waals surface area (Å²) in [5, 5.41) is 0. The van der Waals surface area contributed by atoms with Crippen LogP contribution in [0.2, 0.25) is 0 Å². The second kappa shape index (κ2) is 7.84. The summed E-state index contributed by atoms with van der Waals surface area (Å²) in [5.41, 5.74) is 4.07. The summed E-state index contributed by atoms with van der Waals surface area (Å²) < 4.78 is 35.3. The van der Waals surface area contributed by atoms with E-state index in [-0.39, 0.29) is 21.5 Å². The van der Waals surface area contributed by atoms with Gasteiger partial charge in [-0.05, 0) is 64.1 Å². The Balaban J connectivity index is 1.96. The van der Waals surface area contributed by atoms with Gasteiger partial charge >= 0.3 is 5.97 Å². The summed E-state index contributed by atoms with van der Waals surface area (Å²) in [6, 6.07) is 12.4. The van der Waals surface area contributed by atoms with Crippen LogP contribution in [0, 0.1) is 13.8 Å². The fraction of sp³-hybridized carbons (Fsp3) is 0.286. The lowest BCUT2D eigenvalue weighted by molar-refractivity contribution is -0.144. The Labute approximate surface area is 197 Å². The number of carbonyl (C=O) groups is 1. The van der Waals surface area contributed by atoms with E-state index in [4.69, 9.17) is 4.74 Å². The highest BCUT2D eigenvalue weighted by molar-refractivity contribution is 14.1. The first-order chi connectivity index (χ1) is 13.7. The van der Waals surface area contributed by atoms with E-state index in [9.17, 15) is 13.2 Å². The van der Waals surface area contributed by atoms with E-state index in [1.165, 1.54) is 4.31 Å². The number of para-hydroxylation sites is 1. The van der Waals surface area contributed by atoms with Crippen molar-refractivity contribution in [1.82, 2.24) is 0 Å². The van der Waals surface area contributed by atoms with Crippen LogP contribution in [-0.2, 0) is 19.6 Å². The number of benzene rings is 2. The van der Waals surface area contributed by atoms with Gasteiger partial charge in [-0.2, -0.15) is 0 Å². The number of hydrogen-bond acceptors (Lipinski definition) is 4. The number of carbonyl (C=O) groups excluding carboxylic acids is 1. The summed E-state index contributed by atoms with van der Waals surface area (Å²) in [6.45, 7) is 3.43. The molecule has 0 saturated carbocycles. The molecule has 0 unspecified atom stereocenters. The minimum Gasteiger partial charge on any atom is -0.455 e. The molecule has 1 aliphatic carbocycles. The number of esters is 1. The van der Waals surface area contributed by atoms with E-state index in [1.54, 1.807) is 24.3 Å². The average molecular weight is 635 g/mol. The van der Waals surface area contributed by atoms with Gasteiger partial charge in [-0.15, -0.1) is 0 Å². The molecule has 1 heterocycles. The Morgan fingerprint density at radius 2 is 1.79 bits per heavy atom. The lowest BCUT2D eigenvalue weighted by atomic mass is 9.97. The van der Waals surface area contributed by atoms with Crippen molar-refractivity contribution in [2.45, 2.75) is 35.2 Å². The third kappa shape index (κ3) is 3.71. The zero-order chi connectivity index (χ0) is 20.9. The topological polar surface area (TPSA) is 63.7 Å². The highest BCUT2D eigenvalue weighted by Gasteiger charge is 2.42. The number of rotatable bonds is 2. The van der Waals surface area contributed by atoms with E-state index < -0.39 is 16.0 Å². The van der Waals surface area contributed by atoms with Crippen LogP contribution in [-0.4, -0.2) is 31.0 Å². The molecule has 2 aromatic rings. The molecule has 2 atom stereocenters. The van der Waals surface area contributed by atoms with Crippen LogP contribution in [0.25, 0.3) is 5.57 Å². The highest BCUT2D eigenvalue weighted by atomic mass is 127. The minimum absolute atomic E-state index is 0.132. The van der Waals surface area contributed by atoms with Crippen molar-refractivity contribution in [3.63, 3.8) is 0 Å². The molecule has 0 N–H and O–H groups in total. The van der Waals surface area contributed by atoms with E-state index >= 15 is 0 Å². The molecule has 2 aliphatic rings. The molecule has 29 heavy (non-hydrogen) atoms. The number of anilines is 1. The zero-order valence-electron chi connectivity index (χ0n) is 15.9. The van der Waals surface area contributed by atoms with Gasteiger partial charge in [0.15, 0.2) is 0 Å². The van der Waals surface area contributed by atoms with Crippen molar-refractivity contribution in [3.8, 4) is 0 Å². The van der Waals surface area contributed by atoms with Crippen molar-refractivity contribution in [2.24, 2.45) is 0 Å². The van der Waals surface area contributed by atoms with Crippen LogP contribution in [0.15, 0.2) is 50.9 Å². The third-order valence-electron chi connectivity index (χ3n) is 5.20. The van der Waals surface area contributed by atoms with Crippen molar-refractivity contribution >= 4 is 72.4 Å². The molecule has 5 nitrogen and oxygen atoms in total. The van der Waals surface area contributed by atoms with Crippen LogP contribution < -0.4 is 4.31 Å². The molecule has 1 aliphatic heterocycles. The number of hydrogen-bond donors (Lipinski definition) is 0. The molecule has 0 spiro atoms. The molecule has 0 bridgehead atoms. The summed E-state index contributed by atoms with van der Waals surface area (Å²) >= 11 is 4.59. The van der Waals surface area contributed by atoms with Gasteiger partial charge in [-0.25, -0.2) is 8.42 Å². The molecule has 8 heteroatoms. The van der Waals surface area contributed by atoms with Crippen LogP contribution in [0.5, 0.6) is 0 Å². The summed E-state index contributed by atoms with van der Waals surface area (Å²) in [7, 11) is -3.94. The lowest BCUT2D eigenvalue weighted by Gasteiger charge is -2.32.